The first kappa shape index (κ1) is 13.9. The summed E-state index contributed by atoms with van der Waals surface area (Å²) in [7, 11) is 0. The smallest absolute Gasteiger partial charge is 0.0406 e. The van der Waals surface area contributed by atoms with Crippen molar-refractivity contribution in [2.24, 2.45) is 5.92 Å². The van der Waals surface area contributed by atoms with Crippen molar-refractivity contribution >= 4 is 11.6 Å². The molecule has 1 saturated heterocycles. The minimum atomic E-state index is 0.807. The average Bonchev–Trinajstić information content (AvgIpc) is 2.39. The molecule has 2 rings (SSSR count). The highest BCUT2D eigenvalue weighted by molar-refractivity contribution is 6.30. The van der Waals surface area contributed by atoms with Gasteiger partial charge in [0, 0.05) is 24.7 Å². The third-order valence-electron chi connectivity index (χ3n) is 3.72. The molecule has 1 aromatic rings. The Bertz CT molecular complexity index is 342. The topological polar surface area (TPSA) is 15.3 Å². The molecule has 0 saturated carbocycles. The fraction of sp³-hybridized carbons (Fsp3) is 0.600. The van der Waals surface area contributed by atoms with E-state index in [0.29, 0.717) is 0 Å². The second kappa shape index (κ2) is 7.13. The molecular weight excluding hydrogens is 244 g/mol. The van der Waals surface area contributed by atoms with Crippen LogP contribution in [0, 0.1) is 5.92 Å². The summed E-state index contributed by atoms with van der Waals surface area (Å²) in [5.41, 5.74) is 1.30. The lowest BCUT2D eigenvalue weighted by atomic mass is 9.99. The standard InChI is InChI=1S/C15H23ClN2/c1-13-6-9-18(10-7-13)11-8-17-12-14-2-4-15(16)5-3-14/h2-5,13,17H,6-12H2,1H3. The predicted molar refractivity (Wildman–Crippen MR) is 78.0 cm³/mol. The second-order valence-corrected chi connectivity index (χ2v) is 5.76. The number of rotatable bonds is 5. The van der Waals surface area contributed by atoms with Crippen LogP contribution in [0.4, 0.5) is 0 Å². The molecule has 1 N–H and O–H groups in total. The number of nitrogens with one attached hydrogen (secondary N) is 1. The zero-order valence-corrected chi connectivity index (χ0v) is 11.9. The average molecular weight is 267 g/mol. The molecule has 0 spiro atoms. The molecule has 100 valence electrons. The van der Waals surface area contributed by atoms with Crippen LogP contribution in [0.1, 0.15) is 25.3 Å². The van der Waals surface area contributed by atoms with Crippen molar-refractivity contribution in [1.29, 1.82) is 0 Å². The third-order valence-corrected chi connectivity index (χ3v) is 3.98. The van der Waals surface area contributed by atoms with Crippen molar-refractivity contribution in [3.8, 4) is 0 Å². The summed E-state index contributed by atoms with van der Waals surface area (Å²) in [6.07, 6.45) is 2.72. The fourth-order valence-electron chi connectivity index (χ4n) is 2.36. The van der Waals surface area contributed by atoms with E-state index in [9.17, 15) is 0 Å². The zero-order chi connectivity index (χ0) is 12.8. The van der Waals surface area contributed by atoms with Gasteiger partial charge in [-0.1, -0.05) is 30.7 Å². The number of halogens is 1. The molecule has 1 aliphatic heterocycles. The predicted octanol–water partition coefficient (Wildman–Crippen LogP) is 3.16. The van der Waals surface area contributed by atoms with Crippen molar-refractivity contribution < 1.29 is 0 Å². The highest BCUT2D eigenvalue weighted by atomic mass is 35.5. The maximum Gasteiger partial charge on any atom is 0.0406 e. The van der Waals surface area contributed by atoms with Crippen molar-refractivity contribution in [3.63, 3.8) is 0 Å². The number of likely N-dealkylation sites (tertiary alicyclic amines) is 1. The number of hydrogen-bond acceptors (Lipinski definition) is 2. The molecule has 0 radical (unpaired) electrons. The number of benzene rings is 1. The fourth-order valence-corrected chi connectivity index (χ4v) is 2.48. The summed E-state index contributed by atoms with van der Waals surface area (Å²) in [4.78, 5) is 2.56. The second-order valence-electron chi connectivity index (χ2n) is 5.33. The lowest BCUT2D eigenvalue weighted by molar-refractivity contribution is 0.193. The Labute approximate surface area is 115 Å². The molecule has 1 aromatic carbocycles. The van der Waals surface area contributed by atoms with Gasteiger partial charge in [-0.05, 0) is 49.5 Å². The normalized spacial score (nSPS) is 18.1. The van der Waals surface area contributed by atoms with Gasteiger partial charge in [0.25, 0.3) is 0 Å². The molecule has 1 aliphatic rings. The first-order valence-corrected chi connectivity index (χ1v) is 7.29. The maximum atomic E-state index is 5.86. The Morgan fingerprint density at radius 2 is 1.89 bits per heavy atom. The van der Waals surface area contributed by atoms with Gasteiger partial charge >= 0.3 is 0 Å². The summed E-state index contributed by atoms with van der Waals surface area (Å²) in [6, 6.07) is 8.06. The minimum Gasteiger partial charge on any atom is -0.311 e. The van der Waals surface area contributed by atoms with Gasteiger partial charge in [-0.3, -0.25) is 0 Å². The molecule has 0 unspecified atom stereocenters. The summed E-state index contributed by atoms with van der Waals surface area (Å²) in [6.45, 7) is 8.06. The van der Waals surface area contributed by atoms with Crippen LogP contribution in [0.25, 0.3) is 0 Å². The van der Waals surface area contributed by atoms with Gasteiger partial charge < -0.3 is 10.2 Å². The third kappa shape index (κ3) is 4.60. The van der Waals surface area contributed by atoms with Gasteiger partial charge in [0.1, 0.15) is 0 Å². The van der Waals surface area contributed by atoms with Gasteiger partial charge in [-0.15, -0.1) is 0 Å². The maximum absolute atomic E-state index is 5.86. The van der Waals surface area contributed by atoms with Crippen molar-refractivity contribution in [3.05, 3.63) is 34.9 Å². The van der Waals surface area contributed by atoms with E-state index in [2.05, 4.69) is 29.3 Å². The molecule has 0 atom stereocenters. The van der Waals surface area contributed by atoms with Crippen LogP contribution >= 0.6 is 11.6 Å². The molecule has 1 heterocycles. The Morgan fingerprint density at radius 3 is 2.56 bits per heavy atom. The first-order valence-electron chi connectivity index (χ1n) is 6.91. The summed E-state index contributed by atoms with van der Waals surface area (Å²) in [5, 5.41) is 4.30. The van der Waals surface area contributed by atoms with Crippen LogP contribution in [0.5, 0.6) is 0 Å². The summed E-state index contributed by atoms with van der Waals surface area (Å²) >= 11 is 5.86. The highest BCUT2D eigenvalue weighted by Gasteiger charge is 2.14. The van der Waals surface area contributed by atoms with Crippen molar-refractivity contribution in [2.45, 2.75) is 26.3 Å². The lowest BCUT2D eigenvalue weighted by Crippen LogP contribution is -2.37. The number of hydrogen-bond donors (Lipinski definition) is 1. The van der Waals surface area contributed by atoms with Crippen molar-refractivity contribution in [2.75, 3.05) is 26.2 Å². The lowest BCUT2D eigenvalue weighted by Gasteiger charge is -2.30. The Hall–Kier alpha value is -0.570. The Balaban J connectivity index is 1.60. The van der Waals surface area contributed by atoms with Gasteiger partial charge in [-0.25, -0.2) is 0 Å². The monoisotopic (exact) mass is 266 g/mol. The van der Waals surface area contributed by atoms with E-state index in [-0.39, 0.29) is 0 Å². The van der Waals surface area contributed by atoms with E-state index in [4.69, 9.17) is 11.6 Å². The zero-order valence-electron chi connectivity index (χ0n) is 11.2. The molecule has 3 heteroatoms. The largest absolute Gasteiger partial charge is 0.311 e. The van der Waals surface area contributed by atoms with E-state index in [1.54, 1.807) is 0 Å². The van der Waals surface area contributed by atoms with E-state index in [1.807, 2.05) is 12.1 Å². The van der Waals surface area contributed by atoms with E-state index in [0.717, 1.165) is 24.0 Å². The molecular formula is C15H23ClN2. The quantitative estimate of drug-likeness (QED) is 0.824. The molecule has 0 bridgehead atoms. The molecule has 0 amide bonds. The summed E-state index contributed by atoms with van der Waals surface area (Å²) in [5.74, 6) is 0.920. The molecule has 18 heavy (non-hydrogen) atoms. The van der Waals surface area contributed by atoms with E-state index in [1.165, 1.54) is 38.0 Å². The van der Waals surface area contributed by atoms with Crippen LogP contribution in [0.15, 0.2) is 24.3 Å². The molecule has 0 aliphatic carbocycles. The van der Waals surface area contributed by atoms with E-state index >= 15 is 0 Å². The van der Waals surface area contributed by atoms with Crippen LogP contribution in [-0.4, -0.2) is 31.1 Å². The van der Waals surface area contributed by atoms with Crippen molar-refractivity contribution in [1.82, 2.24) is 10.2 Å². The Morgan fingerprint density at radius 1 is 1.22 bits per heavy atom. The number of piperidine rings is 1. The van der Waals surface area contributed by atoms with Gasteiger partial charge in [0.15, 0.2) is 0 Å². The molecule has 2 nitrogen and oxygen atoms in total. The van der Waals surface area contributed by atoms with Crippen LogP contribution in [0.3, 0.4) is 0 Å². The number of nitrogens with zero attached hydrogens (tertiary/aromatic N) is 1. The SMILES string of the molecule is CC1CCN(CCNCc2ccc(Cl)cc2)CC1. The van der Waals surface area contributed by atoms with Gasteiger partial charge in [-0.2, -0.15) is 0 Å². The highest BCUT2D eigenvalue weighted by Crippen LogP contribution is 2.15. The Kier molecular flexibility index (Phi) is 5.48. The minimum absolute atomic E-state index is 0.807. The van der Waals surface area contributed by atoms with E-state index < -0.39 is 0 Å². The van der Waals surface area contributed by atoms with Gasteiger partial charge in [0.05, 0.1) is 0 Å². The van der Waals surface area contributed by atoms with Gasteiger partial charge in [0.2, 0.25) is 0 Å². The van der Waals surface area contributed by atoms with Crippen LogP contribution in [-0.2, 0) is 6.54 Å². The van der Waals surface area contributed by atoms with Crippen LogP contribution in [0.2, 0.25) is 5.02 Å². The molecule has 0 aromatic heterocycles. The first-order chi connectivity index (χ1) is 8.74. The van der Waals surface area contributed by atoms with Crippen LogP contribution < -0.4 is 5.32 Å². The molecule has 1 fully saturated rings. The summed E-state index contributed by atoms with van der Waals surface area (Å²) < 4.78 is 0.